The molecule has 94 heavy (non-hydrogen) atoms. The lowest BCUT2D eigenvalue weighted by molar-refractivity contribution is 0.664. The van der Waals surface area contributed by atoms with Gasteiger partial charge >= 0.3 is 0 Å². The third-order valence-corrected chi connectivity index (χ3v) is 19.5. The minimum atomic E-state index is -0.503. The fraction of sp³-hybridized carbons (Fsp3) is 0.0345. The average Bonchev–Trinajstić information content (AvgIpc) is 1.60. The van der Waals surface area contributed by atoms with Crippen LogP contribution < -0.4 is 5.32 Å². The number of hydrogen-bond acceptors (Lipinski definition) is 3. The molecule has 13 aromatic carbocycles. The number of fused-ring (bicyclic) bond motifs is 12. The number of allylic oxidation sites excluding steroid dienone is 3. The molecule has 0 radical (unpaired) electrons. The second kappa shape index (κ2) is 21.7. The first-order chi connectivity index (χ1) is 46.6. The summed E-state index contributed by atoms with van der Waals surface area (Å²) in [4.78, 5) is 11.4. The van der Waals surface area contributed by atoms with Crippen LogP contribution in [0.3, 0.4) is 0 Å². The van der Waals surface area contributed by atoms with Gasteiger partial charge in [0.15, 0.2) is 0 Å². The minimum absolute atomic E-state index is 0.503. The van der Waals surface area contributed by atoms with Gasteiger partial charge in [-0.15, -0.1) is 0 Å². The van der Waals surface area contributed by atoms with Gasteiger partial charge in [-0.25, -0.2) is 4.99 Å². The number of benzene rings is 13. The van der Waals surface area contributed by atoms with E-state index in [1.807, 2.05) is 0 Å². The van der Waals surface area contributed by atoms with Gasteiger partial charge in [0.2, 0.25) is 5.96 Å². The Morgan fingerprint density at radius 2 is 0.713 bits per heavy atom. The largest absolute Gasteiger partial charge is 0.344 e. The molecule has 0 amide bonds. The summed E-state index contributed by atoms with van der Waals surface area (Å²) in [7, 11) is 0. The lowest BCUT2D eigenvalue weighted by Gasteiger charge is -2.27. The van der Waals surface area contributed by atoms with Crippen molar-refractivity contribution in [2.45, 2.75) is 19.0 Å². The third-order valence-electron chi connectivity index (χ3n) is 19.5. The van der Waals surface area contributed by atoms with E-state index in [1.54, 1.807) is 0 Å². The molecule has 442 valence electrons. The zero-order valence-corrected chi connectivity index (χ0v) is 51.3. The van der Waals surface area contributed by atoms with Crippen LogP contribution in [0.5, 0.6) is 0 Å². The molecule has 2 aliphatic rings. The fourth-order valence-electron chi connectivity index (χ4n) is 15.1. The van der Waals surface area contributed by atoms with Crippen molar-refractivity contribution >= 4 is 105 Å². The van der Waals surface area contributed by atoms with E-state index in [0.717, 1.165) is 96.4 Å². The molecule has 4 aromatic heterocycles. The van der Waals surface area contributed by atoms with Crippen LogP contribution in [-0.4, -0.2) is 30.1 Å². The molecular formula is C87H59N7. The van der Waals surface area contributed by atoms with Gasteiger partial charge in [-0.3, -0.25) is 4.57 Å². The maximum Gasteiger partial charge on any atom is 0.234 e. The van der Waals surface area contributed by atoms with Crippen LogP contribution in [0.2, 0.25) is 0 Å². The second-order valence-electron chi connectivity index (χ2n) is 24.9. The van der Waals surface area contributed by atoms with Gasteiger partial charge < -0.3 is 19.0 Å². The summed E-state index contributed by atoms with van der Waals surface area (Å²) in [6, 6.07) is 113. The molecule has 7 nitrogen and oxygen atoms in total. The molecule has 0 spiro atoms. The molecule has 0 fully saturated rings. The van der Waals surface area contributed by atoms with E-state index in [-0.39, 0.29) is 0 Å². The first kappa shape index (κ1) is 53.5. The Kier molecular flexibility index (Phi) is 12.3. The zero-order chi connectivity index (χ0) is 61.8. The van der Waals surface area contributed by atoms with Crippen molar-refractivity contribution in [1.29, 1.82) is 0 Å². The lowest BCUT2D eigenvalue weighted by atomic mass is 9.92. The molecule has 0 bridgehead atoms. The number of rotatable bonds is 9. The molecule has 7 heteroatoms. The van der Waals surface area contributed by atoms with Crippen molar-refractivity contribution in [2.24, 2.45) is 9.98 Å². The molecular weight excluding hydrogens is 1140 g/mol. The number of para-hydroxylation sites is 6. The first-order valence-corrected chi connectivity index (χ1v) is 32.5. The van der Waals surface area contributed by atoms with Crippen molar-refractivity contribution in [3.8, 4) is 50.4 Å². The first-order valence-electron chi connectivity index (χ1n) is 32.5. The second-order valence-corrected chi connectivity index (χ2v) is 24.9. The van der Waals surface area contributed by atoms with E-state index in [9.17, 15) is 0 Å². The maximum absolute atomic E-state index is 5.77. The van der Waals surface area contributed by atoms with Crippen LogP contribution in [0, 0.1) is 0 Å². The van der Waals surface area contributed by atoms with Gasteiger partial charge in [0.05, 0.1) is 44.1 Å². The van der Waals surface area contributed by atoms with E-state index < -0.39 is 6.17 Å². The van der Waals surface area contributed by atoms with E-state index >= 15 is 0 Å². The Morgan fingerprint density at radius 1 is 0.298 bits per heavy atom. The molecule has 1 unspecified atom stereocenters. The van der Waals surface area contributed by atoms with Crippen LogP contribution in [0.15, 0.2) is 337 Å². The molecule has 1 aliphatic carbocycles. The minimum Gasteiger partial charge on any atom is -0.344 e. The topological polar surface area (TPSA) is 56.5 Å². The monoisotopic (exact) mass is 1200 g/mol. The van der Waals surface area contributed by atoms with E-state index in [0.29, 0.717) is 5.96 Å². The zero-order valence-electron chi connectivity index (χ0n) is 51.3. The predicted octanol–water partition coefficient (Wildman–Crippen LogP) is 21.8. The molecule has 5 heterocycles. The predicted molar refractivity (Wildman–Crippen MR) is 393 cm³/mol. The normalized spacial score (nSPS) is 14.3. The summed E-state index contributed by atoms with van der Waals surface area (Å²) >= 11 is 0. The molecule has 19 rings (SSSR count). The summed E-state index contributed by atoms with van der Waals surface area (Å²) in [5.74, 6) is 1.44. The Labute approximate surface area is 542 Å². The summed E-state index contributed by atoms with van der Waals surface area (Å²) < 4.78 is 9.50. The van der Waals surface area contributed by atoms with Gasteiger partial charge in [-0.1, -0.05) is 212 Å². The number of amidine groups is 1. The SMILES string of the molecule is C1=C(C2=NC(n3c4ccccc4c4ccc(-c5ccc6c(c5)c5ccccc5n6-c5ccccc5)cc43)=NC(c3cccc(-n4c5ccccc5c5ccc(-c6ccc7c(c6)c6ccccc6n7-c6ccccc6)cc54)c3)N2)CCC=C1c1cccc(-c2ccccc2)c1. The maximum atomic E-state index is 5.77. The highest BCUT2D eigenvalue weighted by Gasteiger charge is 2.28. The smallest absolute Gasteiger partial charge is 0.234 e. The van der Waals surface area contributed by atoms with Crippen LogP contribution in [-0.2, 0) is 0 Å². The number of aliphatic imine (C=N–C) groups is 2. The van der Waals surface area contributed by atoms with Crippen LogP contribution in [0.25, 0.3) is 143 Å². The van der Waals surface area contributed by atoms with Gasteiger partial charge in [0.1, 0.15) is 12.0 Å². The molecule has 1 N–H and O–H groups in total. The number of hydrogen-bond donors (Lipinski definition) is 1. The van der Waals surface area contributed by atoms with Crippen molar-refractivity contribution in [3.63, 3.8) is 0 Å². The molecule has 17 aromatic rings. The quantitative estimate of drug-likeness (QED) is 0.154. The van der Waals surface area contributed by atoms with Crippen molar-refractivity contribution < 1.29 is 0 Å². The average molecular weight is 1200 g/mol. The lowest BCUT2D eigenvalue weighted by Crippen LogP contribution is -2.35. The summed E-state index contributed by atoms with van der Waals surface area (Å²) in [5.41, 5.74) is 23.9. The number of aromatic nitrogens is 4. The van der Waals surface area contributed by atoms with Gasteiger partial charge in [0.25, 0.3) is 0 Å². The molecule has 1 atom stereocenters. The highest BCUT2D eigenvalue weighted by atomic mass is 15.3. The van der Waals surface area contributed by atoms with Crippen molar-refractivity contribution in [1.82, 2.24) is 23.6 Å². The number of nitrogens with one attached hydrogen (secondary N) is 1. The van der Waals surface area contributed by atoms with E-state index in [1.165, 1.54) is 82.2 Å². The summed E-state index contributed by atoms with van der Waals surface area (Å²) in [6.45, 7) is 0. The Morgan fingerprint density at radius 3 is 1.30 bits per heavy atom. The Hall–Kier alpha value is -12.3. The van der Waals surface area contributed by atoms with Gasteiger partial charge in [-0.05, 0) is 178 Å². The third kappa shape index (κ3) is 8.73. The molecule has 0 saturated carbocycles. The fourth-order valence-corrected chi connectivity index (χ4v) is 15.1. The highest BCUT2D eigenvalue weighted by molar-refractivity contribution is 6.19. The van der Waals surface area contributed by atoms with Crippen molar-refractivity contribution in [3.05, 3.63) is 338 Å². The van der Waals surface area contributed by atoms with Crippen LogP contribution >= 0.6 is 0 Å². The van der Waals surface area contributed by atoms with Crippen LogP contribution in [0.4, 0.5) is 0 Å². The number of nitrogens with zero attached hydrogens (tertiary/aromatic N) is 6. The van der Waals surface area contributed by atoms with Crippen molar-refractivity contribution in [2.75, 3.05) is 0 Å². The standard InChI is InChI=1S/C87H59N7/c1-4-21-56(22-5-1)57-23-18-24-58(49-57)59-25-19-26-64(50-59)85-88-86(90-87(89-85)94-80-40-17-11-34-70(80)74-46-42-63(55-84(74)94)61-44-48-82-76(53-61)72-36-13-16-39-79(72)92(82)67-30-8-3-9-31-67)65-27-20-32-68(51-65)93-77-37-14-10-33-69(77)73-45-41-62(54-83(73)93)60-43-47-81-75(52-60)71-35-12-15-38-78(71)91(81)66-28-6-2-7-29-66/h1-18,20-25,27-55,86H,19,26H2,(H,88,89,90). The Balaban J connectivity index is 0.761. The van der Waals surface area contributed by atoms with Gasteiger partial charge in [0, 0.05) is 60.2 Å². The highest BCUT2D eigenvalue weighted by Crippen LogP contribution is 2.42. The summed E-state index contributed by atoms with van der Waals surface area (Å²) in [5, 5.41) is 13.6. The Bertz CT molecular complexity index is 6070. The van der Waals surface area contributed by atoms with E-state index in [2.05, 4.69) is 345 Å². The van der Waals surface area contributed by atoms with E-state index in [4.69, 9.17) is 9.98 Å². The van der Waals surface area contributed by atoms with Gasteiger partial charge in [-0.2, -0.15) is 4.99 Å². The van der Waals surface area contributed by atoms with Crippen LogP contribution in [0.1, 0.15) is 30.1 Å². The molecule has 0 saturated heterocycles. The molecule has 1 aliphatic heterocycles. The summed E-state index contributed by atoms with van der Waals surface area (Å²) in [6.07, 6.45) is 5.91.